The molecule has 2 aliphatic heterocycles. The van der Waals surface area contributed by atoms with Crippen molar-refractivity contribution in [1.82, 2.24) is 9.80 Å². The molecule has 3 aromatic carbocycles. The van der Waals surface area contributed by atoms with Crippen LogP contribution in [0.1, 0.15) is 40.6 Å². The first-order chi connectivity index (χ1) is 15.8. The summed E-state index contributed by atoms with van der Waals surface area (Å²) in [6.07, 6.45) is 1.32. The summed E-state index contributed by atoms with van der Waals surface area (Å²) < 4.78 is 20.0. The zero-order chi connectivity index (χ0) is 21.5. The van der Waals surface area contributed by atoms with Gasteiger partial charge in [0.05, 0.1) is 6.04 Å². The van der Waals surface area contributed by atoms with Crippen LogP contribution in [0.5, 0.6) is 5.75 Å². The number of ether oxygens (including phenoxy) is 1. The quantitative estimate of drug-likeness (QED) is 0.566. The second-order valence-corrected chi connectivity index (χ2v) is 9.42. The molecule has 3 aliphatic rings. The van der Waals surface area contributed by atoms with Crippen LogP contribution in [0, 0.1) is 11.7 Å². The zero-order valence-corrected chi connectivity index (χ0v) is 18.3. The van der Waals surface area contributed by atoms with E-state index in [2.05, 4.69) is 64.4 Å². The Labute approximate surface area is 189 Å². The van der Waals surface area contributed by atoms with E-state index in [4.69, 9.17) is 4.74 Å². The first-order valence-corrected chi connectivity index (χ1v) is 11.8. The number of nitrogens with zero attached hydrogens (tertiary/aromatic N) is 2. The number of hydrogen-bond acceptors (Lipinski definition) is 3. The van der Waals surface area contributed by atoms with Crippen molar-refractivity contribution in [3.05, 3.63) is 101 Å². The maximum Gasteiger partial charge on any atom is 0.127 e. The van der Waals surface area contributed by atoms with Gasteiger partial charge in [-0.3, -0.25) is 4.90 Å². The molecular weight excluding hydrogens is 399 g/mol. The summed E-state index contributed by atoms with van der Waals surface area (Å²) in [6, 6.07) is 24.6. The molecule has 164 valence electrons. The van der Waals surface area contributed by atoms with Crippen LogP contribution in [0.2, 0.25) is 0 Å². The lowest BCUT2D eigenvalue weighted by atomic mass is 9.93. The topological polar surface area (TPSA) is 15.7 Å². The molecule has 0 N–H and O–H groups in total. The molecule has 32 heavy (non-hydrogen) atoms. The average Bonchev–Trinajstić information content (AvgIpc) is 3.62. The highest BCUT2D eigenvalue weighted by molar-refractivity contribution is 5.46. The Morgan fingerprint density at radius 2 is 1.62 bits per heavy atom. The standard InChI is InChI=1S/C28H29FN2O/c29-23-10-11-25-27(17-23)32-19-21-8-4-5-9-24(21)28(25)31-14-12-30(13-15-31)18-22-16-26(22)20-6-2-1-3-7-20/h1-11,17,22,26,28H,12-16,18-19H2. The molecule has 2 fully saturated rings. The van der Waals surface area contributed by atoms with Crippen molar-refractivity contribution in [2.75, 3.05) is 32.7 Å². The molecule has 4 heteroatoms. The number of rotatable bonds is 4. The fraction of sp³-hybridized carbons (Fsp3) is 0.357. The highest BCUT2D eigenvalue weighted by Crippen LogP contribution is 2.48. The molecule has 2 heterocycles. The molecule has 0 aromatic heterocycles. The van der Waals surface area contributed by atoms with Crippen LogP contribution in [-0.2, 0) is 6.61 Å². The number of halogens is 1. The number of piperazine rings is 1. The number of benzene rings is 3. The van der Waals surface area contributed by atoms with E-state index in [-0.39, 0.29) is 11.9 Å². The maximum atomic E-state index is 14.0. The third-order valence-electron chi connectivity index (χ3n) is 7.42. The van der Waals surface area contributed by atoms with Crippen molar-refractivity contribution in [2.24, 2.45) is 5.92 Å². The van der Waals surface area contributed by atoms with E-state index in [0.29, 0.717) is 12.4 Å². The van der Waals surface area contributed by atoms with Gasteiger partial charge in [-0.25, -0.2) is 4.39 Å². The van der Waals surface area contributed by atoms with Gasteiger partial charge >= 0.3 is 0 Å². The predicted octanol–water partition coefficient (Wildman–Crippen LogP) is 5.23. The van der Waals surface area contributed by atoms with Crippen LogP contribution in [0.15, 0.2) is 72.8 Å². The molecular formula is C28H29FN2O. The van der Waals surface area contributed by atoms with Crippen LogP contribution >= 0.6 is 0 Å². The summed E-state index contributed by atoms with van der Waals surface area (Å²) in [5, 5.41) is 0. The lowest BCUT2D eigenvalue weighted by Gasteiger charge is -2.40. The van der Waals surface area contributed by atoms with Crippen molar-refractivity contribution in [2.45, 2.75) is 25.0 Å². The summed E-state index contributed by atoms with van der Waals surface area (Å²) >= 11 is 0. The predicted molar refractivity (Wildman–Crippen MR) is 124 cm³/mol. The van der Waals surface area contributed by atoms with Gasteiger partial charge in [0.1, 0.15) is 18.2 Å². The van der Waals surface area contributed by atoms with E-state index >= 15 is 0 Å². The van der Waals surface area contributed by atoms with Gasteiger partial charge in [0.15, 0.2) is 0 Å². The van der Waals surface area contributed by atoms with Crippen LogP contribution in [0.25, 0.3) is 0 Å². The SMILES string of the molecule is Fc1ccc2c(c1)OCc1ccccc1C2N1CCN(CC2CC2c2ccccc2)CC1. The second-order valence-electron chi connectivity index (χ2n) is 9.42. The Morgan fingerprint density at radius 1 is 0.844 bits per heavy atom. The van der Waals surface area contributed by atoms with Gasteiger partial charge in [0.25, 0.3) is 0 Å². The maximum absolute atomic E-state index is 14.0. The zero-order valence-electron chi connectivity index (χ0n) is 18.3. The van der Waals surface area contributed by atoms with Crippen LogP contribution < -0.4 is 4.74 Å². The van der Waals surface area contributed by atoms with Crippen molar-refractivity contribution < 1.29 is 9.13 Å². The van der Waals surface area contributed by atoms with Crippen molar-refractivity contribution in [3.63, 3.8) is 0 Å². The Morgan fingerprint density at radius 3 is 2.47 bits per heavy atom. The minimum atomic E-state index is -0.240. The monoisotopic (exact) mass is 428 g/mol. The number of fused-ring (bicyclic) bond motifs is 2. The molecule has 3 unspecified atom stereocenters. The highest BCUT2D eigenvalue weighted by atomic mass is 19.1. The first-order valence-electron chi connectivity index (χ1n) is 11.8. The van der Waals surface area contributed by atoms with E-state index in [0.717, 1.165) is 43.6 Å². The largest absolute Gasteiger partial charge is 0.488 e. The second kappa shape index (κ2) is 8.34. The van der Waals surface area contributed by atoms with Gasteiger partial charge in [-0.2, -0.15) is 0 Å². The normalized spacial score (nSPS) is 25.3. The highest BCUT2D eigenvalue weighted by Gasteiger charge is 2.40. The third kappa shape index (κ3) is 3.82. The molecule has 3 nitrogen and oxygen atoms in total. The lowest BCUT2D eigenvalue weighted by Crippen LogP contribution is -2.48. The van der Waals surface area contributed by atoms with Crippen LogP contribution in [0.3, 0.4) is 0 Å². The Balaban J connectivity index is 1.17. The molecule has 3 aromatic rings. The summed E-state index contributed by atoms with van der Waals surface area (Å²) in [4.78, 5) is 5.19. The van der Waals surface area contributed by atoms with Crippen molar-refractivity contribution in [1.29, 1.82) is 0 Å². The van der Waals surface area contributed by atoms with Gasteiger partial charge in [-0.05, 0) is 41.0 Å². The summed E-state index contributed by atoms with van der Waals surface area (Å²) in [7, 11) is 0. The van der Waals surface area contributed by atoms with Gasteiger partial charge in [-0.1, -0.05) is 60.7 Å². The smallest absolute Gasteiger partial charge is 0.127 e. The minimum absolute atomic E-state index is 0.115. The van der Waals surface area contributed by atoms with Gasteiger partial charge in [0.2, 0.25) is 0 Å². The van der Waals surface area contributed by atoms with E-state index < -0.39 is 0 Å². The van der Waals surface area contributed by atoms with Gasteiger partial charge in [-0.15, -0.1) is 0 Å². The molecule has 6 rings (SSSR count). The molecule has 0 radical (unpaired) electrons. The summed E-state index contributed by atoms with van der Waals surface area (Å²) in [6.45, 7) is 5.87. The van der Waals surface area contributed by atoms with E-state index in [9.17, 15) is 4.39 Å². The van der Waals surface area contributed by atoms with Gasteiger partial charge < -0.3 is 9.64 Å². The van der Waals surface area contributed by atoms with Crippen molar-refractivity contribution >= 4 is 0 Å². The van der Waals surface area contributed by atoms with Gasteiger partial charge in [0, 0.05) is 44.4 Å². The van der Waals surface area contributed by atoms with E-state index in [1.165, 1.54) is 29.7 Å². The Bertz CT molecular complexity index is 1090. The average molecular weight is 429 g/mol. The van der Waals surface area contributed by atoms with Crippen LogP contribution in [0.4, 0.5) is 4.39 Å². The molecule has 0 amide bonds. The van der Waals surface area contributed by atoms with Crippen molar-refractivity contribution in [3.8, 4) is 5.75 Å². The third-order valence-corrected chi connectivity index (χ3v) is 7.42. The fourth-order valence-electron chi connectivity index (χ4n) is 5.60. The van der Waals surface area contributed by atoms with E-state index in [1.807, 2.05) is 6.07 Å². The molecule has 1 saturated heterocycles. The molecule has 1 saturated carbocycles. The van der Waals surface area contributed by atoms with E-state index in [1.54, 1.807) is 12.1 Å². The molecule has 1 aliphatic carbocycles. The van der Waals surface area contributed by atoms with Crippen LogP contribution in [-0.4, -0.2) is 42.5 Å². The summed E-state index contributed by atoms with van der Waals surface area (Å²) in [5.41, 5.74) is 5.06. The summed E-state index contributed by atoms with van der Waals surface area (Å²) in [5.74, 6) is 1.97. The minimum Gasteiger partial charge on any atom is -0.488 e. The number of hydrogen-bond donors (Lipinski definition) is 0. The molecule has 3 atom stereocenters. The Kier molecular flexibility index (Phi) is 5.20. The molecule has 0 bridgehead atoms. The first kappa shape index (κ1) is 20.0. The lowest BCUT2D eigenvalue weighted by molar-refractivity contribution is 0.105. The Hall–Kier alpha value is -2.69. The fourth-order valence-corrected chi connectivity index (χ4v) is 5.60. The molecule has 0 spiro atoms.